The number of amides is 1. The van der Waals surface area contributed by atoms with Crippen LogP contribution in [-0.4, -0.2) is 57.0 Å². The van der Waals surface area contributed by atoms with Crippen LogP contribution < -0.4 is 0 Å². The molecule has 2 aliphatic rings. The molecule has 0 bridgehead atoms. The molecular weight excluding hydrogens is 420 g/mol. The molecule has 0 spiro atoms. The fraction of sp³-hybridized carbons (Fsp3) is 0.840. The summed E-state index contributed by atoms with van der Waals surface area (Å²) >= 11 is 0. The second kappa shape index (κ2) is 10.0. The van der Waals surface area contributed by atoms with Crippen molar-refractivity contribution >= 4 is 12.1 Å². The van der Waals surface area contributed by atoms with Crippen molar-refractivity contribution in [2.75, 3.05) is 19.7 Å². The molecule has 1 aromatic heterocycles. The first kappa shape index (κ1) is 25.5. The van der Waals surface area contributed by atoms with Gasteiger partial charge in [-0.25, -0.2) is 4.79 Å². The van der Waals surface area contributed by atoms with Crippen molar-refractivity contribution in [2.45, 2.75) is 105 Å². The molecule has 0 N–H and O–H groups in total. The molecule has 2 fully saturated rings. The summed E-state index contributed by atoms with van der Waals surface area (Å²) in [5.74, 6) is 0.997. The highest BCUT2D eigenvalue weighted by Gasteiger charge is 2.43. The van der Waals surface area contributed by atoms with Crippen molar-refractivity contribution in [3.63, 3.8) is 0 Å². The quantitative estimate of drug-likeness (QED) is 0.537. The van der Waals surface area contributed by atoms with E-state index in [0.717, 1.165) is 43.8 Å². The minimum absolute atomic E-state index is 0.217. The summed E-state index contributed by atoms with van der Waals surface area (Å²) in [6.45, 7) is 15.3. The first-order valence-corrected chi connectivity index (χ1v) is 12.5. The lowest BCUT2D eigenvalue weighted by Crippen LogP contribution is -2.47. The molecule has 0 unspecified atom stereocenters. The lowest BCUT2D eigenvalue weighted by atomic mass is 9.84. The predicted octanol–water partition coefficient (Wildman–Crippen LogP) is 4.89. The smallest absolute Gasteiger partial charge is 0.410 e. The van der Waals surface area contributed by atoms with Gasteiger partial charge in [0.15, 0.2) is 0 Å². The van der Waals surface area contributed by atoms with Crippen LogP contribution >= 0.6 is 0 Å². The van der Waals surface area contributed by atoms with Gasteiger partial charge < -0.3 is 18.9 Å². The SMILES string of the molecule is CCOC(=O)[C@H]1CCN(C(=O)OC(C)(C)C)C[C@@H]1c1nnc(CCCC(C)(C)C)n1C1CC1. The third-order valence-corrected chi connectivity index (χ3v) is 6.22. The molecule has 1 saturated heterocycles. The minimum Gasteiger partial charge on any atom is -0.466 e. The van der Waals surface area contributed by atoms with Crippen molar-refractivity contribution in [2.24, 2.45) is 11.3 Å². The summed E-state index contributed by atoms with van der Waals surface area (Å²) in [4.78, 5) is 27.4. The summed E-state index contributed by atoms with van der Waals surface area (Å²) in [7, 11) is 0. The van der Waals surface area contributed by atoms with Gasteiger partial charge in [0.1, 0.15) is 17.2 Å². The Morgan fingerprint density at radius 3 is 2.33 bits per heavy atom. The maximum atomic E-state index is 12.9. The van der Waals surface area contributed by atoms with E-state index in [0.29, 0.717) is 32.2 Å². The van der Waals surface area contributed by atoms with Gasteiger partial charge in [-0.1, -0.05) is 20.8 Å². The number of hydrogen-bond donors (Lipinski definition) is 0. The monoisotopic (exact) mass is 462 g/mol. The van der Waals surface area contributed by atoms with Gasteiger partial charge in [0.2, 0.25) is 0 Å². The van der Waals surface area contributed by atoms with Gasteiger partial charge in [0, 0.05) is 25.6 Å². The van der Waals surface area contributed by atoms with Crippen molar-refractivity contribution in [1.29, 1.82) is 0 Å². The summed E-state index contributed by atoms with van der Waals surface area (Å²) in [6.07, 6.45) is 5.41. The Hall–Kier alpha value is -2.12. The van der Waals surface area contributed by atoms with E-state index in [1.807, 2.05) is 27.7 Å². The highest BCUT2D eigenvalue weighted by Crippen LogP contribution is 2.41. The number of piperidine rings is 1. The van der Waals surface area contributed by atoms with E-state index in [4.69, 9.17) is 9.47 Å². The summed E-state index contributed by atoms with van der Waals surface area (Å²) < 4.78 is 13.3. The molecule has 1 aliphatic heterocycles. The second-order valence-electron chi connectivity index (χ2n) is 11.7. The first-order valence-electron chi connectivity index (χ1n) is 12.5. The van der Waals surface area contributed by atoms with Crippen molar-refractivity contribution < 1.29 is 19.1 Å². The van der Waals surface area contributed by atoms with E-state index in [9.17, 15) is 9.59 Å². The Morgan fingerprint density at radius 2 is 1.76 bits per heavy atom. The highest BCUT2D eigenvalue weighted by molar-refractivity contribution is 5.75. The number of hydrogen-bond acceptors (Lipinski definition) is 6. The van der Waals surface area contributed by atoms with E-state index < -0.39 is 5.60 Å². The summed E-state index contributed by atoms with van der Waals surface area (Å²) in [6, 6.07) is 0.388. The average molecular weight is 463 g/mol. The lowest BCUT2D eigenvalue weighted by Gasteiger charge is -2.37. The van der Waals surface area contributed by atoms with Crippen LogP contribution in [0.25, 0.3) is 0 Å². The standard InChI is InChI=1S/C25H42N4O4/c1-8-32-22(30)18-13-15-28(23(31)33-25(5,6)7)16-19(18)21-27-26-20(29(21)17-11-12-17)10-9-14-24(2,3)4/h17-19H,8-16H2,1-7H3/t18-,19-/m0/s1. The van der Waals surface area contributed by atoms with Crippen molar-refractivity contribution in [1.82, 2.24) is 19.7 Å². The summed E-state index contributed by atoms with van der Waals surface area (Å²) in [5, 5.41) is 9.17. The summed E-state index contributed by atoms with van der Waals surface area (Å²) in [5.41, 5.74) is -0.293. The maximum absolute atomic E-state index is 12.9. The fourth-order valence-corrected chi connectivity index (χ4v) is 4.51. The molecule has 0 aromatic carbocycles. The largest absolute Gasteiger partial charge is 0.466 e. The number of aryl methyl sites for hydroxylation is 1. The highest BCUT2D eigenvalue weighted by atomic mass is 16.6. The van der Waals surface area contributed by atoms with E-state index >= 15 is 0 Å². The van der Waals surface area contributed by atoms with Crippen molar-refractivity contribution in [3.8, 4) is 0 Å². The number of ether oxygens (including phenoxy) is 2. The molecular formula is C25H42N4O4. The minimum atomic E-state index is -0.571. The molecule has 1 aliphatic carbocycles. The molecule has 8 nitrogen and oxygen atoms in total. The number of nitrogens with zero attached hydrogens (tertiary/aromatic N) is 4. The van der Waals surface area contributed by atoms with Gasteiger partial charge in [0.25, 0.3) is 0 Å². The molecule has 1 saturated carbocycles. The van der Waals surface area contributed by atoms with E-state index in [-0.39, 0.29) is 29.3 Å². The van der Waals surface area contributed by atoms with Crippen LogP contribution in [0.2, 0.25) is 0 Å². The lowest BCUT2D eigenvalue weighted by molar-refractivity contribution is -0.150. The van der Waals surface area contributed by atoms with Crippen LogP contribution in [0.5, 0.6) is 0 Å². The Kier molecular flexibility index (Phi) is 7.74. The molecule has 1 aromatic rings. The topological polar surface area (TPSA) is 86.6 Å². The van der Waals surface area contributed by atoms with Crippen LogP contribution in [0.4, 0.5) is 4.79 Å². The van der Waals surface area contributed by atoms with Crippen LogP contribution in [0.1, 0.15) is 104 Å². The normalized spacial score (nSPS) is 21.7. The molecule has 3 rings (SSSR count). The molecule has 8 heteroatoms. The second-order valence-corrected chi connectivity index (χ2v) is 11.7. The number of aromatic nitrogens is 3. The van der Waals surface area contributed by atoms with Gasteiger partial charge in [0.05, 0.1) is 18.4 Å². The van der Waals surface area contributed by atoms with Gasteiger partial charge in [-0.3, -0.25) is 4.79 Å². The van der Waals surface area contributed by atoms with E-state index in [1.54, 1.807) is 4.90 Å². The molecule has 2 atom stereocenters. The van der Waals surface area contributed by atoms with Crippen LogP contribution in [0.15, 0.2) is 0 Å². The predicted molar refractivity (Wildman–Crippen MR) is 126 cm³/mol. The van der Waals surface area contributed by atoms with Crippen molar-refractivity contribution in [3.05, 3.63) is 11.6 Å². The Bertz CT molecular complexity index is 832. The van der Waals surface area contributed by atoms with Gasteiger partial charge in [-0.2, -0.15) is 0 Å². The third-order valence-electron chi connectivity index (χ3n) is 6.22. The zero-order chi connectivity index (χ0) is 24.4. The Morgan fingerprint density at radius 1 is 1.06 bits per heavy atom. The molecule has 0 radical (unpaired) electrons. The molecule has 2 heterocycles. The number of esters is 1. The fourth-order valence-electron chi connectivity index (χ4n) is 4.51. The third kappa shape index (κ3) is 6.93. The van der Waals surface area contributed by atoms with Gasteiger partial charge >= 0.3 is 12.1 Å². The average Bonchev–Trinajstić information content (AvgIpc) is 3.45. The van der Waals surface area contributed by atoms with Crippen LogP contribution in [-0.2, 0) is 20.7 Å². The molecule has 33 heavy (non-hydrogen) atoms. The van der Waals surface area contributed by atoms with E-state index in [1.165, 1.54) is 0 Å². The Balaban J connectivity index is 1.86. The number of rotatable bonds is 7. The molecule has 186 valence electrons. The number of carbonyl (C=O) groups is 2. The van der Waals surface area contributed by atoms with Crippen LogP contribution in [0, 0.1) is 11.3 Å². The zero-order valence-electron chi connectivity index (χ0n) is 21.5. The maximum Gasteiger partial charge on any atom is 0.410 e. The first-order chi connectivity index (χ1) is 15.4. The van der Waals surface area contributed by atoms with Crippen LogP contribution in [0.3, 0.4) is 0 Å². The molecule has 1 amide bonds. The Labute approximate surface area is 198 Å². The number of carbonyl (C=O) groups excluding carboxylic acids is 2. The van der Waals surface area contributed by atoms with E-state index in [2.05, 4.69) is 35.5 Å². The zero-order valence-corrected chi connectivity index (χ0v) is 21.5. The number of likely N-dealkylation sites (tertiary alicyclic amines) is 1. The van der Waals surface area contributed by atoms with Gasteiger partial charge in [-0.05, 0) is 65.2 Å². The van der Waals surface area contributed by atoms with Gasteiger partial charge in [-0.15, -0.1) is 10.2 Å².